The first-order valence-corrected chi connectivity index (χ1v) is 7.20. The van der Waals surface area contributed by atoms with Gasteiger partial charge in [0.1, 0.15) is 0 Å². The fourth-order valence-corrected chi connectivity index (χ4v) is 2.37. The predicted molar refractivity (Wildman–Crippen MR) is 76.2 cm³/mol. The number of thioether (sulfide) groups is 1. The Bertz CT molecular complexity index is 498. The number of benzene rings is 1. The lowest BCUT2D eigenvalue weighted by Crippen LogP contribution is -2.18. The normalized spacial score (nSPS) is 11.8. The van der Waals surface area contributed by atoms with E-state index in [1.807, 2.05) is 6.92 Å². The Morgan fingerprint density at radius 2 is 1.85 bits per heavy atom. The first kappa shape index (κ1) is 16.9. The van der Waals surface area contributed by atoms with E-state index in [-0.39, 0.29) is 11.8 Å². The topological polar surface area (TPSA) is 29.1 Å². The average Bonchev–Trinajstić information content (AvgIpc) is 2.29. The molecule has 0 fully saturated rings. The summed E-state index contributed by atoms with van der Waals surface area (Å²) in [6, 6.07) is 3.40. The van der Waals surface area contributed by atoms with Gasteiger partial charge in [-0.15, -0.1) is 11.8 Å². The molecule has 6 heteroatoms. The van der Waals surface area contributed by atoms with E-state index in [0.29, 0.717) is 10.6 Å². The van der Waals surface area contributed by atoms with E-state index in [2.05, 4.69) is 5.32 Å². The lowest BCUT2D eigenvalue weighted by Gasteiger charge is -2.15. The van der Waals surface area contributed by atoms with E-state index in [1.165, 1.54) is 0 Å². The Morgan fingerprint density at radius 1 is 1.25 bits per heavy atom. The summed E-state index contributed by atoms with van der Waals surface area (Å²) >= 11 is 0.736. The number of carbonyl (C=O) groups is 1. The Hall–Kier alpha value is -1.17. The molecule has 20 heavy (non-hydrogen) atoms. The zero-order valence-corrected chi connectivity index (χ0v) is 12.7. The minimum Gasteiger partial charge on any atom is -0.326 e. The summed E-state index contributed by atoms with van der Waals surface area (Å²) in [5.74, 6) is -1.26. The summed E-state index contributed by atoms with van der Waals surface area (Å²) in [5, 5.41) is 2.74. The van der Waals surface area contributed by atoms with Crippen LogP contribution in [-0.2, 0) is 4.79 Å². The van der Waals surface area contributed by atoms with Crippen molar-refractivity contribution in [3.05, 3.63) is 23.3 Å². The Labute approximate surface area is 121 Å². The van der Waals surface area contributed by atoms with E-state index in [0.717, 1.165) is 22.9 Å². The van der Waals surface area contributed by atoms with Gasteiger partial charge in [0, 0.05) is 16.5 Å². The molecule has 0 saturated heterocycles. The quantitative estimate of drug-likeness (QED) is 0.827. The molecule has 0 saturated carbocycles. The van der Waals surface area contributed by atoms with Crippen molar-refractivity contribution in [3.8, 4) is 0 Å². The summed E-state index contributed by atoms with van der Waals surface area (Å²) in [5.41, 5.74) is 2.19. The minimum atomic E-state index is -4.21. The van der Waals surface area contributed by atoms with Crippen molar-refractivity contribution in [1.82, 2.24) is 0 Å². The number of anilines is 1. The zero-order chi connectivity index (χ0) is 15.5. The van der Waals surface area contributed by atoms with Crippen LogP contribution in [0.4, 0.5) is 18.9 Å². The molecule has 1 aromatic carbocycles. The van der Waals surface area contributed by atoms with Crippen LogP contribution >= 0.6 is 11.8 Å². The van der Waals surface area contributed by atoms with Crippen LogP contribution in [-0.4, -0.2) is 17.8 Å². The van der Waals surface area contributed by atoms with Gasteiger partial charge in [0.2, 0.25) is 5.91 Å². The fraction of sp³-hybridized carbons (Fsp3) is 0.500. The average molecular weight is 305 g/mol. The number of rotatable bonds is 4. The first-order valence-electron chi connectivity index (χ1n) is 6.22. The van der Waals surface area contributed by atoms with Gasteiger partial charge < -0.3 is 5.32 Å². The van der Waals surface area contributed by atoms with Crippen LogP contribution in [0, 0.1) is 19.8 Å². The molecule has 0 aliphatic heterocycles. The van der Waals surface area contributed by atoms with Gasteiger partial charge in [0.15, 0.2) is 0 Å². The van der Waals surface area contributed by atoms with E-state index >= 15 is 0 Å². The molecule has 1 aromatic rings. The van der Waals surface area contributed by atoms with E-state index in [9.17, 15) is 18.0 Å². The van der Waals surface area contributed by atoms with E-state index < -0.39 is 11.9 Å². The predicted octanol–water partition coefficient (Wildman–Crippen LogP) is 4.55. The van der Waals surface area contributed by atoms with Gasteiger partial charge >= 0.3 is 6.18 Å². The lowest BCUT2D eigenvalue weighted by atomic mass is 10.1. The summed E-state index contributed by atoms with van der Waals surface area (Å²) in [4.78, 5) is 12.2. The molecular weight excluding hydrogens is 287 g/mol. The van der Waals surface area contributed by atoms with Gasteiger partial charge in [0.05, 0.1) is 5.75 Å². The Morgan fingerprint density at radius 3 is 2.35 bits per heavy atom. The van der Waals surface area contributed by atoms with Gasteiger partial charge in [-0.05, 0) is 31.0 Å². The van der Waals surface area contributed by atoms with Crippen LogP contribution in [0.25, 0.3) is 0 Å². The van der Waals surface area contributed by atoms with Crippen LogP contribution < -0.4 is 5.32 Å². The number of amides is 1. The lowest BCUT2D eigenvalue weighted by molar-refractivity contribution is -0.118. The molecule has 0 unspecified atom stereocenters. The SMILES string of the molecule is Cc1cc(C)c(SCC(F)(F)F)cc1NC(=O)C(C)C. The second-order valence-corrected chi connectivity index (χ2v) is 6.00. The molecular formula is C14H18F3NOS. The Kier molecular flexibility index (Phi) is 5.50. The number of carbonyl (C=O) groups excluding carboxylic acids is 1. The highest BCUT2D eigenvalue weighted by Gasteiger charge is 2.27. The molecule has 0 heterocycles. The van der Waals surface area contributed by atoms with Crippen LogP contribution in [0.15, 0.2) is 17.0 Å². The van der Waals surface area contributed by atoms with Gasteiger partial charge in [0.25, 0.3) is 0 Å². The second-order valence-electron chi connectivity index (χ2n) is 4.98. The van der Waals surface area contributed by atoms with Crippen molar-refractivity contribution in [2.45, 2.75) is 38.8 Å². The summed E-state index contributed by atoms with van der Waals surface area (Å²) in [6.45, 7) is 7.11. The first-order chi connectivity index (χ1) is 9.10. The molecule has 1 amide bonds. The van der Waals surface area contributed by atoms with E-state index in [1.54, 1.807) is 32.9 Å². The van der Waals surface area contributed by atoms with Crippen LogP contribution in [0.5, 0.6) is 0 Å². The molecule has 0 radical (unpaired) electrons. The number of aryl methyl sites for hydroxylation is 2. The van der Waals surface area contributed by atoms with Gasteiger partial charge in [-0.3, -0.25) is 4.79 Å². The molecule has 0 aliphatic rings. The third-order valence-corrected chi connectivity index (χ3v) is 3.92. The maximum absolute atomic E-state index is 12.3. The number of nitrogens with one attached hydrogen (secondary N) is 1. The van der Waals surface area contributed by atoms with Crippen molar-refractivity contribution < 1.29 is 18.0 Å². The molecule has 112 valence electrons. The van der Waals surface area contributed by atoms with Crippen molar-refractivity contribution in [3.63, 3.8) is 0 Å². The van der Waals surface area contributed by atoms with Crippen molar-refractivity contribution in [2.75, 3.05) is 11.1 Å². The summed E-state index contributed by atoms with van der Waals surface area (Å²) in [6.07, 6.45) is -4.21. The molecule has 2 nitrogen and oxygen atoms in total. The molecule has 0 bridgehead atoms. The maximum atomic E-state index is 12.3. The van der Waals surface area contributed by atoms with Crippen molar-refractivity contribution >= 4 is 23.4 Å². The molecule has 0 aromatic heterocycles. The van der Waals surface area contributed by atoms with E-state index in [4.69, 9.17) is 0 Å². The maximum Gasteiger partial charge on any atom is 0.398 e. The molecule has 1 N–H and O–H groups in total. The highest BCUT2D eigenvalue weighted by Crippen LogP contribution is 2.32. The number of hydrogen-bond donors (Lipinski definition) is 1. The highest BCUT2D eigenvalue weighted by atomic mass is 32.2. The van der Waals surface area contributed by atoms with Crippen LogP contribution in [0.2, 0.25) is 0 Å². The smallest absolute Gasteiger partial charge is 0.326 e. The monoisotopic (exact) mass is 305 g/mol. The summed E-state index contributed by atoms with van der Waals surface area (Å²) in [7, 11) is 0. The zero-order valence-electron chi connectivity index (χ0n) is 11.9. The fourth-order valence-electron chi connectivity index (χ4n) is 1.56. The third-order valence-electron chi connectivity index (χ3n) is 2.70. The highest BCUT2D eigenvalue weighted by molar-refractivity contribution is 7.99. The number of hydrogen-bond acceptors (Lipinski definition) is 2. The van der Waals surface area contributed by atoms with Gasteiger partial charge in [-0.2, -0.15) is 13.2 Å². The van der Waals surface area contributed by atoms with Crippen molar-refractivity contribution in [1.29, 1.82) is 0 Å². The molecule has 0 spiro atoms. The Balaban J connectivity index is 2.94. The van der Waals surface area contributed by atoms with Crippen LogP contribution in [0.3, 0.4) is 0 Å². The summed E-state index contributed by atoms with van der Waals surface area (Å²) < 4.78 is 36.8. The largest absolute Gasteiger partial charge is 0.398 e. The number of halogens is 3. The van der Waals surface area contributed by atoms with Gasteiger partial charge in [-0.25, -0.2) is 0 Å². The van der Waals surface area contributed by atoms with Crippen LogP contribution in [0.1, 0.15) is 25.0 Å². The molecule has 0 aliphatic carbocycles. The van der Waals surface area contributed by atoms with Crippen molar-refractivity contribution in [2.24, 2.45) is 5.92 Å². The molecule has 1 rings (SSSR count). The number of alkyl halides is 3. The third kappa shape index (κ3) is 5.07. The van der Waals surface area contributed by atoms with Gasteiger partial charge in [-0.1, -0.05) is 19.9 Å². The standard InChI is InChI=1S/C14H18F3NOS/c1-8(2)13(19)18-11-6-12(10(4)5-9(11)3)20-7-14(15,16)17/h5-6,8H,7H2,1-4H3,(H,18,19). The second kappa shape index (κ2) is 6.52. The molecule has 0 atom stereocenters. The minimum absolute atomic E-state index is 0.149.